The normalized spacial score (nSPS) is 20.9. The third-order valence-corrected chi connectivity index (χ3v) is 5.13. The van der Waals surface area contributed by atoms with Crippen LogP contribution in [0.2, 0.25) is 0 Å². The number of hydrogen-bond acceptors (Lipinski definition) is 2. The summed E-state index contributed by atoms with van der Waals surface area (Å²) in [6, 6.07) is 2.21. The van der Waals surface area contributed by atoms with Crippen LogP contribution in [0.25, 0.3) is 0 Å². The largest absolute Gasteiger partial charge is 0.388 e. The zero-order chi connectivity index (χ0) is 14.8. The van der Waals surface area contributed by atoms with Gasteiger partial charge in [-0.15, -0.1) is 0 Å². The van der Waals surface area contributed by atoms with Crippen molar-refractivity contribution in [2.24, 2.45) is 5.41 Å². The van der Waals surface area contributed by atoms with E-state index >= 15 is 0 Å². The molecule has 0 saturated carbocycles. The molecule has 20 heavy (non-hydrogen) atoms. The van der Waals surface area contributed by atoms with Crippen molar-refractivity contribution in [3.63, 3.8) is 0 Å². The summed E-state index contributed by atoms with van der Waals surface area (Å²) in [7, 11) is 0. The van der Waals surface area contributed by atoms with Gasteiger partial charge in [-0.25, -0.2) is 0 Å². The van der Waals surface area contributed by atoms with Crippen LogP contribution in [0, 0.1) is 12.3 Å². The van der Waals surface area contributed by atoms with Crippen molar-refractivity contribution in [2.45, 2.75) is 65.5 Å². The van der Waals surface area contributed by atoms with Crippen LogP contribution in [0.15, 0.2) is 6.07 Å². The Morgan fingerprint density at radius 3 is 2.80 bits per heavy atom. The number of aromatic nitrogens is 1. The van der Waals surface area contributed by atoms with Gasteiger partial charge in [0.15, 0.2) is 0 Å². The molecule has 0 amide bonds. The van der Waals surface area contributed by atoms with Crippen LogP contribution in [0.4, 0.5) is 0 Å². The van der Waals surface area contributed by atoms with Gasteiger partial charge in [0.05, 0.1) is 6.10 Å². The Balaban J connectivity index is 2.07. The maximum atomic E-state index is 10.4. The van der Waals surface area contributed by atoms with E-state index in [-0.39, 0.29) is 11.5 Å². The Morgan fingerprint density at radius 2 is 2.10 bits per heavy atom. The molecule has 0 saturated heterocycles. The number of hydrogen-bond donors (Lipinski definition) is 1. The minimum atomic E-state index is -0.273. The van der Waals surface area contributed by atoms with E-state index in [1.165, 1.54) is 42.0 Å². The van der Waals surface area contributed by atoms with Crippen LogP contribution >= 0.6 is 11.8 Å². The molecule has 0 aliphatic heterocycles. The molecule has 0 fully saturated rings. The van der Waals surface area contributed by atoms with Crippen LogP contribution in [-0.4, -0.2) is 21.7 Å². The lowest BCUT2D eigenvalue weighted by atomic mass is 9.75. The molecular weight excluding hydrogens is 266 g/mol. The van der Waals surface area contributed by atoms with Gasteiger partial charge in [-0.3, -0.25) is 0 Å². The number of fused-ring (bicyclic) bond motifs is 1. The van der Waals surface area contributed by atoms with E-state index in [4.69, 9.17) is 0 Å². The monoisotopic (exact) mass is 295 g/mol. The maximum Gasteiger partial charge on any atom is 0.0812 e. The summed E-state index contributed by atoms with van der Waals surface area (Å²) in [4.78, 5) is 0. The molecule has 114 valence electrons. The molecule has 1 aliphatic rings. The smallest absolute Gasteiger partial charge is 0.0812 e. The van der Waals surface area contributed by atoms with Gasteiger partial charge in [-0.1, -0.05) is 20.3 Å². The summed E-state index contributed by atoms with van der Waals surface area (Å²) in [6.45, 7) is 7.83. The average molecular weight is 295 g/mol. The van der Waals surface area contributed by atoms with E-state index < -0.39 is 0 Å². The molecule has 1 aliphatic carbocycles. The predicted octanol–water partition coefficient (Wildman–Crippen LogP) is 4.34. The van der Waals surface area contributed by atoms with Gasteiger partial charge in [0.25, 0.3) is 0 Å². The lowest BCUT2D eigenvalue weighted by Gasteiger charge is -2.34. The molecule has 3 heteroatoms. The topological polar surface area (TPSA) is 25.2 Å². The van der Waals surface area contributed by atoms with Crippen LogP contribution in [0.1, 0.15) is 62.6 Å². The molecule has 0 spiro atoms. The highest BCUT2D eigenvalue weighted by molar-refractivity contribution is 7.98. The SMILES string of the molecule is CSCCCCCn1c(C)cc2c1CC(C)(C)CC2O. The third kappa shape index (κ3) is 3.62. The van der Waals surface area contributed by atoms with E-state index in [1.54, 1.807) is 0 Å². The van der Waals surface area contributed by atoms with Crippen molar-refractivity contribution in [3.8, 4) is 0 Å². The second-order valence-electron chi connectivity index (χ2n) is 6.95. The molecule has 0 aromatic carbocycles. The van der Waals surface area contributed by atoms with Gasteiger partial charge in [-0.2, -0.15) is 11.8 Å². The number of rotatable bonds is 6. The third-order valence-electron chi connectivity index (χ3n) is 4.43. The lowest BCUT2D eigenvalue weighted by molar-refractivity contribution is 0.0979. The zero-order valence-corrected chi connectivity index (χ0v) is 14.2. The van der Waals surface area contributed by atoms with Crippen molar-refractivity contribution < 1.29 is 5.11 Å². The van der Waals surface area contributed by atoms with E-state index in [0.29, 0.717) is 0 Å². The fourth-order valence-corrected chi connectivity index (χ4v) is 3.90. The maximum absolute atomic E-state index is 10.4. The van der Waals surface area contributed by atoms with Crippen molar-refractivity contribution in [3.05, 3.63) is 23.0 Å². The zero-order valence-electron chi connectivity index (χ0n) is 13.4. The van der Waals surface area contributed by atoms with E-state index in [0.717, 1.165) is 19.4 Å². The molecule has 1 aromatic rings. The Bertz CT molecular complexity index is 450. The Hall–Kier alpha value is -0.410. The highest BCUT2D eigenvalue weighted by atomic mass is 32.2. The Labute approximate surface area is 128 Å². The van der Waals surface area contributed by atoms with Gasteiger partial charge in [0.2, 0.25) is 0 Å². The second kappa shape index (κ2) is 6.57. The minimum absolute atomic E-state index is 0.216. The fraction of sp³-hybridized carbons (Fsp3) is 0.765. The van der Waals surface area contributed by atoms with Gasteiger partial charge >= 0.3 is 0 Å². The molecule has 2 rings (SSSR count). The van der Waals surface area contributed by atoms with E-state index in [2.05, 4.69) is 37.7 Å². The summed E-state index contributed by atoms with van der Waals surface area (Å²) < 4.78 is 2.46. The molecule has 1 atom stereocenters. The first-order valence-corrected chi connectivity index (χ1v) is 9.20. The molecule has 1 unspecified atom stereocenters. The number of nitrogens with zero attached hydrogens (tertiary/aromatic N) is 1. The first kappa shape index (κ1) is 16.0. The molecule has 1 N–H and O–H groups in total. The lowest BCUT2D eigenvalue weighted by Crippen LogP contribution is -2.27. The minimum Gasteiger partial charge on any atom is -0.388 e. The average Bonchev–Trinajstić information content (AvgIpc) is 2.65. The Kier molecular flexibility index (Phi) is 5.25. The summed E-state index contributed by atoms with van der Waals surface area (Å²) in [5.74, 6) is 1.27. The molecule has 0 radical (unpaired) electrons. The van der Waals surface area contributed by atoms with Crippen molar-refractivity contribution >= 4 is 11.8 Å². The molecule has 1 aromatic heterocycles. The van der Waals surface area contributed by atoms with Gasteiger partial charge in [-0.05, 0) is 56.1 Å². The quantitative estimate of drug-likeness (QED) is 0.790. The highest BCUT2D eigenvalue weighted by Gasteiger charge is 2.33. The molecule has 1 heterocycles. The van der Waals surface area contributed by atoms with Crippen LogP contribution in [0.3, 0.4) is 0 Å². The second-order valence-corrected chi connectivity index (χ2v) is 7.94. The number of aliphatic hydroxyl groups is 1. The summed E-state index contributed by atoms with van der Waals surface area (Å²) in [5.41, 5.74) is 4.10. The van der Waals surface area contributed by atoms with E-state index in [9.17, 15) is 5.11 Å². The van der Waals surface area contributed by atoms with Crippen molar-refractivity contribution in [1.82, 2.24) is 4.57 Å². The van der Waals surface area contributed by atoms with Crippen LogP contribution in [-0.2, 0) is 13.0 Å². The van der Waals surface area contributed by atoms with Gasteiger partial charge < -0.3 is 9.67 Å². The fourth-order valence-electron chi connectivity index (χ4n) is 3.40. The number of thioether (sulfide) groups is 1. The van der Waals surface area contributed by atoms with E-state index in [1.807, 2.05) is 11.8 Å². The first-order chi connectivity index (χ1) is 9.44. The number of aryl methyl sites for hydroxylation is 1. The predicted molar refractivity (Wildman–Crippen MR) is 88.5 cm³/mol. The molecule has 0 bridgehead atoms. The standard InChI is InChI=1S/C17H29NOS/c1-13-10-14-15(11-17(2,3)12-16(14)19)18(13)8-6-5-7-9-20-4/h10,16,19H,5-9,11-12H2,1-4H3. The molecular formula is C17H29NOS. The van der Waals surface area contributed by atoms with Gasteiger partial charge in [0.1, 0.15) is 0 Å². The van der Waals surface area contributed by atoms with Crippen molar-refractivity contribution in [2.75, 3.05) is 12.0 Å². The summed E-state index contributed by atoms with van der Waals surface area (Å²) in [5, 5.41) is 10.4. The Morgan fingerprint density at radius 1 is 1.35 bits per heavy atom. The van der Waals surface area contributed by atoms with Crippen LogP contribution < -0.4 is 0 Å². The van der Waals surface area contributed by atoms with Crippen molar-refractivity contribution in [1.29, 1.82) is 0 Å². The highest BCUT2D eigenvalue weighted by Crippen LogP contribution is 2.42. The summed E-state index contributed by atoms with van der Waals surface area (Å²) >= 11 is 1.94. The number of aliphatic hydroxyl groups excluding tert-OH is 1. The molecule has 2 nitrogen and oxygen atoms in total. The van der Waals surface area contributed by atoms with Crippen LogP contribution in [0.5, 0.6) is 0 Å². The summed E-state index contributed by atoms with van der Waals surface area (Å²) in [6.07, 6.45) is 7.76. The first-order valence-electron chi connectivity index (χ1n) is 7.80. The van der Waals surface area contributed by atoms with Gasteiger partial charge in [0, 0.05) is 23.5 Å². The number of unbranched alkanes of at least 4 members (excludes halogenated alkanes) is 2.